The van der Waals surface area contributed by atoms with Gasteiger partial charge in [-0.1, -0.05) is 59.1 Å². The highest BCUT2D eigenvalue weighted by Gasteiger charge is 2.11. The van der Waals surface area contributed by atoms with Gasteiger partial charge in [-0.2, -0.15) is 0 Å². The van der Waals surface area contributed by atoms with Gasteiger partial charge in [0.2, 0.25) is 0 Å². The molecule has 31 heavy (non-hydrogen) atoms. The minimum atomic E-state index is -0.338. The summed E-state index contributed by atoms with van der Waals surface area (Å²) in [6, 6.07) is 18.7. The van der Waals surface area contributed by atoms with Crippen molar-refractivity contribution in [3.05, 3.63) is 104 Å². The summed E-state index contributed by atoms with van der Waals surface area (Å²) in [5.41, 5.74) is 1.80. The Bertz CT molecular complexity index is 1400. The first-order chi connectivity index (χ1) is 14.9. The molecule has 0 spiro atoms. The molecule has 0 atom stereocenters. The molecule has 3 aromatic carbocycles. The number of aromatic nitrogens is 2. The van der Waals surface area contributed by atoms with E-state index in [1.54, 1.807) is 66.7 Å². The topological polar surface area (TPSA) is 74.8 Å². The van der Waals surface area contributed by atoms with Crippen molar-refractivity contribution in [3.8, 4) is 0 Å². The predicted molar refractivity (Wildman–Crippen MR) is 127 cm³/mol. The van der Waals surface area contributed by atoms with E-state index >= 15 is 0 Å². The minimum Gasteiger partial charge on any atom is -0.322 e. The number of nitrogens with zero attached hydrogens (tertiary/aromatic N) is 1. The summed E-state index contributed by atoms with van der Waals surface area (Å²) < 4.78 is 0. The zero-order valence-electron chi connectivity index (χ0n) is 15.8. The number of hydrogen-bond acceptors (Lipinski definition) is 3. The van der Waals surface area contributed by atoms with Crippen LogP contribution in [0.25, 0.3) is 22.0 Å². The summed E-state index contributed by atoms with van der Waals surface area (Å²) in [7, 11) is 0. The molecule has 1 amide bonds. The lowest BCUT2D eigenvalue weighted by molar-refractivity contribution is 0.102. The van der Waals surface area contributed by atoms with Crippen LogP contribution in [0, 0.1) is 0 Å². The highest BCUT2D eigenvalue weighted by Crippen LogP contribution is 2.23. The number of nitrogens with one attached hydrogen (secondary N) is 2. The Hall–Kier alpha value is -3.12. The maximum Gasteiger partial charge on any atom is 0.259 e. The number of amides is 1. The number of halogens is 3. The van der Waals surface area contributed by atoms with E-state index in [9.17, 15) is 9.59 Å². The number of anilines is 1. The van der Waals surface area contributed by atoms with Crippen LogP contribution in [0.15, 0.2) is 71.5 Å². The first kappa shape index (κ1) is 21.1. The van der Waals surface area contributed by atoms with Gasteiger partial charge in [0, 0.05) is 10.7 Å². The zero-order valence-corrected chi connectivity index (χ0v) is 18.1. The van der Waals surface area contributed by atoms with Crippen molar-refractivity contribution < 1.29 is 4.79 Å². The molecule has 1 heterocycles. The van der Waals surface area contributed by atoms with Crippen molar-refractivity contribution in [1.29, 1.82) is 0 Å². The summed E-state index contributed by atoms with van der Waals surface area (Å²) in [6.45, 7) is 0. The molecule has 4 rings (SSSR count). The monoisotopic (exact) mass is 469 g/mol. The molecule has 0 saturated carbocycles. The Kier molecular flexibility index (Phi) is 6.09. The molecule has 4 aromatic rings. The number of fused-ring (bicyclic) bond motifs is 1. The molecule has 0 aliphatic carbocycles. The van der Waals surface area contributed by atoms with Crippen molar-refractivity contribution in [2.75, 3.05) is 5.32 Å². The summed E-state index contributed by atoms with van der Waals surface area (Å²) in [5.74, 6) is -0.0935. The standard InChI is InChI=1S/C23H14Cl3N3O2/c24-14-8-9-20-17(12-14)23(31)29-21(28-20)19(26)11-13-4-3-5-15(10-13)27-22(30)16-6-1-2-7-18(16)25/h1-12H,(H,27,30)(H,28,29,31). The second kappa shape index (κ2) is 8.94. The van der Waals surface area contributed by atoms with Gasteiger partial charge < -0.3 is 10.3 Å². The van der Waals surface area contributed by atoms with Crippen LogP contribution in [0.3, 0.4) is 0 Å². The van der Waals surface area contributed by atoms with Crippen molar-refractivity contribution in [2.45, 2.75) is 0 Å². The Morgan fingerprint density at radius 2 is 1.81 bits per heavy atom. The van der Waals surface area contributed by atoms with Gasteiger partial charge in [-0.05, 0) is 54.1 Å². The summed E-state index contributed by atoms with van der Waals surface area (Å²) in [4.78, 5) is 31.9. The molecule has 154 valence electrons. The molecule has 2 N–H and O–H groups in total. The van der Waals surface area contributed by atoms with Gasteiger partial charge in [-0.25, -0.2) is 4.98 Å². The molecule has 0 aliphatic rings. The number of carbonyl (C=O) groups excluding carboxylic acids is 1. The third-order valence-electron chi connectivity index (χ3n) is 4.45. The maximum absolute atomic E-state index is 12.5. The van der Waals surface area contributed by atoms with Gasteiger partial charge in [0.05, 0.1) is 26.5 Å². The van der Waals surface area contributed by atoms with E-state index in [1.165, 1.54) is 0 Å². The molecular weight excluding hydrogens is 457 g/mol. The van der Waals surface area contributed by atoms with E-state index in [4.69, 9.17) is 34.8 Å². The molecule has 0 saturated heterocycles. The number of carbonyl (C=O) groups is 1. The van der Waals surface area contributed by atoms with Gasteiger partial charge in [-0.15, -0.1) is 0 Å². The van der Waals surface area contributed by atoms with E-state index in [0.717, 1.165) is 0 Å². The Balaban J connectivity index is 1.61. The molecular formula is C23H14Cl3N3O2. The summed E-state index contributed by atoms with van der Waals surface area (Å²) >= 11 is 18.4. The first-order valence-electron chi connectivity index (χ1n) is 9.14. The van der Waals surface area contributed by atoms with Crippen LogP contribution in [0.1, 0.15) is 21.7 Å². The average molecular weight is 471 g/mol. The third kappa shape index (κ3) is 4.80. The number of hydrogen-bond donors (Lipinski definition) is 2. The number of H-pyrrole nitrogens is 1. The highest BCUT2D eigenvalue weighted by atomic mass is 35.5. The predicted octanol–water partition coefficient (Wildman–Crippen LogP) is 6.22. The Morgan fingerprint density at radius 1 is 1.00 bits per heavy atom. The normalized spacial score (nSPS) is 11.5. The van der Waals surface area contributed by atoms with Crippen molar-refractivity contribution >= 4 is 68.4 Å². The number of aromatic amines is 1. The molecule has 8 heteroatoms. The Morgan fingerprint density at radius 3 is 2.61 bits per heavy atom. The second-order valence-corrected chi connectivity index (χ2v) is 7.88. The lowest BCUT2D eigenvalue weighted by Gasteiger charge is -2.08. The maximum atomic E-state index is 12.5. The van der Waals surface area contributed by atoms with Crippen molar-refractivity contribution in [1.82, 2.24) is 9.97 Å². The molecule has 5 nitrogen and oxygen atoms in total. The molecule has 0 aliphatic heterocycles. The molecule has 0 bridgehead atoms. The van der Waals surface area contributed by atoms with E-state index in [-0.39, 0.29) is 22.3 Å². The SMILES string of the molecule is O=C(Nc1cccc(C=C(Cl)c2nc3ccc(Cl)cc3c(=O)[nH]2)c1)c1ccccc1Cl. The fourth-order valence-corrected chi connectivity index (χ4v) is 3.60. The first-order valence-corrected chi connectivity index (χ1v) is 10.3. The van der Waals surface area contributed by atoms with Crippen LogP contribution in [-0.4, -0.2) is 15.9 Å². The largest absolute Gasteiger partial charge is 0.322 e. The lowest BCUT2D eigenvalue weighted by Crippen LogP contribution is -2.12. The fourth-order valence-electron chi connectivity index (χ4n) is 2.99. The zero-order chi connectivity index (χ0) is 22.0. The summed E-state index contributed by atoms with van der Waals surface area (Å²) in [5, 5.41) is 4.24. The van der Waals surface area contributed by atoms with Crippen molar-refractivity contribution in [3.63, 3.8) is 0 Å². The smallest absolute Gasteiger partial charge is 0.259 e. The minimum absolute atomic E-state index is 0.229. The van der Waals surface area contributed by atoms with Gasteiger partial charge in [0.1, 0.15) is 0 Å². The van der Waals surface area contributed by atoms with Gasteiger partial charge in [0.15, 0.2) is 5.82 Å². The van der Waals surface area contributed by atoms with Crippen LogP contribution in [0.2, 0.25) is 10.0 Å². The Labute approximate surface area is 192 Å². The molecule has 0 unspecified atom stereocenters. The molecule has 0 fully saturated rings. The van der Waals surface area contributed by atoms with Crippen LogP contribution in [0.4, 0.5) is 5.69 Å². The van der Waals surface area contributed by atoms with Crippen LogP contribution < -0.4 is 10.9 Å². The van der Waals surface area contributed by atoms with E-state index < -0.39 is 0 Å². The average Bonchev–Trinajstić information content (AvgIpc) is 2.74. The van der Waals surface area contributed by atoms with Crippen molar-refractivity contribution in [2.24, 2.45) is 0 Å². The molecule has 0 radical (unpaired) electrons. The fraction of sp³-hybridized carbons (Fsp3) is 0. The number of rotatable bonds is 4. The second-order valence-electron chi connectivity index (χ2n) is 6.63. The van der Waals surface area contributed by atoms with Crippen LogP contribution >= 0.6 is 34.8 Å². The third-order valence-corrected chi connectivity index (χ3v) is 5.30. The van der Waals surface area contributed by atoms with Crippen LogP contribution in [0.5, 0.6) is 0 Å². The molecule has 1 aromatic heterocycles. The highest BCUT2D eigenvalue weighted by molar-refractivity contribution is 6.50. The summed E-state index contributed by atoms with van der Waals surface area (Å²) in [6.07, 6.45) is 1.65. The van der Waals surface area contributed by atoms with E-state index in [2.05, 4.69) is 15.3 Å². The van der Waals surface area contributed by atoms with E-state index in [1.807, 2.05) is 6.07 Å². The van der Waals surface area contributed by atoms with Crippen LogP contribution in [-0.2, 0) is 0 Å². The quantitative estimate of drug-likeness (QED) is 0.372. The van der Waals surface area contributed by atoms with Gasteiger partial charge >= 0.3 is 0 Å². The van der Waals surface area contributed by atoms with E-state index in [0.29, 0.717) is 37.8 Å². The lowest BCUT2D eigenvalue weighted by atomic mass is 10.1. The number of benzene rings is 3. The van der Waals surface area contributed by atoms with Gasteiger partial charge in [-0.3, -0.25) is 9.59 Å². The van der Waals surface area contributed by atoms with Gasteiger partial charge in [0.25, 0.3) is 11.5 Å².